The molecule has 0 amide bonds. The van der Waals surface area contributed by atoms with Gasteiger partial charge in [-0.05, 0) is 13.8 Å². The number of hydrogen-bond acceptors (Lipinski definition) is 0. The zero-order valence-electron chi connectivity index (χ0n) is 4.87. The summed E-state index contributed by atoms with van der Waals surface area (Å²) in [7, 11) is 0. The van der Waals surface area contributed by atoms with E-state index in [1.54, 1.807) is 0 Å². The summed E-state index contributed by atoms with van der Waals surface area (Å²) >= 11 is 3.59. The van der Waals surface area contributed by atoms with Crippen molar-refractivity contribution in [2.75, 3.05) is 0 Å². The van der Waals surface area contributed by atoms with Crippen molar-refractivity contribution in [3.63, 3.8) is 0 Å². The molecule has 0 saturated heterocycles. The summed E-state index contributed by atoms with van der Waals surface area (Å²) in [5.41, 5.74) is 1.52. The van der Waals surface area contributed by atoms with E-state index in [9.17, 15) is 0 Å². The first-order valence-electron chi connectivity index (χ1n) is 2.49. The molecule has 0 unspecified atom stereocenters. The van der Waals surface area contributed by atoms with Gasteiger partial charge in [-0.25, -0.2) is 0 Å². The molecule has 0 aromatic carbocycles. The molecule has 0 aromatic rings. The Labute approximate surface area is 61.0 Å². The van der Waals surface area contributed by atoms with Crippen molar-refractivity contribution in [2.24, 2.45) is 0 Å². The van der Waals surface area contributed by atoms with Crippen LogP contribution in [0.5, 0.6) is 0 Å². The Morgan fingerprint density at radius 3 is 2.57 bits per heavy atom. The summed E-state index contributed by atoms with van der Waals surface area (Å²) < 4.78 is 1.32. The van der Waals surface area contributed by atoms with Crippen molar-refractivity contribution >= 4 is 31.1 Å². The normalized spacial score (nSPS) is 11.0. The molecule has 0 saturated carbocycles. The topological polar surface area (TPSA) is 0 Å². The second kappa shape index (κ2) is 5.13. The fourth-order valence-electron chi connectivity index (χ4n) is 0.293. The van der Waals surface area contributed by atoms with Crippen LogP contribution in [0.1, 0.15) is 13.8 Å². The van der Waals surface area contributed by atoms with Gasteiger partial charge in [-0.3, -0.25) is 0 Å². The maximum Gasteiger partial charge on any atom is 0.472 e. The molecule has 0 heterocycles. The molecule has 0 nitrogen and oxygen atoms in total. The quantitative estimate of drug-likeness (QED) is 0.444. The minimum Gasteiger partial charge on any atom is -0.306 e. The predicted molar refractivity (Wildman–Crippen MR) is 38.9 cm³/mol. The van der Waals surface area contributed by atoms with Crippen LogP contribution in [0, 0.1) is 0 Å². The van der Waals surface area contributed by atoms with Crippen LogP contribution in [0.3, 0.4) is 0 Å². The Morgan fingerprint density at radius 2 is 2.43 bits per heavy atom. The minimum atomic E-state index is 0.0998. The lowest BCUT2D eigenvalue weighted by Gasteiger charge is -1.88. The fourth-order valence-corrected chi connectivity index (χ4v) is 2.76. The van der Waals surface area contributed by atoms with Crippen LogP contribution >= 0.6 is 12.9 Å². The van der Waals surface area contributed by atoms with Crippen LogP contribution < -0.4 is 0 Å². The first-order valence-corrected chi connectivity index (χ1v) is 7.39. The van der Waals surface area contributed by atoms with E-state index in [4.69, 9.17) is 0 Å². The third-order valence-electron chi connectivity index (χ3n) is 0.982. The van der Waals surface area contributed by atoms with Gasteiger partial charge in [-0.1, -0.05) is 6.08 Å². The Balaban J connectivity index is 3.17. The highest BCUT2D eigenvalue weighted by Gasteiger charge is 1.87. The SMILES string of the molecule is CC=C(C)[CH2][Mg][Br]. The van der Waals surface area contributed by atoms with E-state index < -0.39 is 0 Å². The van der Waals surface area contributed by atoms with Gasteiger partial charge in [0.25, 0.3) is 0 Å². The summed E-state index contributed by atoms with van der Waals surface area (Å²) in [4.78, 5) is 0. The number of rotatable bonds is 2. The van der Waals surface area contributed by atoms with Crippen molar-refractivity contribution in [1.29, 1.82) is 0 Å². The van der Waals surface area contributed by atoms with Crippen molar-refractivity contribution in [1.82, 2.24) is 0 Å². The molecule has 0 aliphatic heterocycles. The van der Waals surface area contributed by atoms with Crippen LogP contribution in [0.4, 0.5) is 0 Å². The molecule has 0 radical (unpaired) electrons. The van der Waals surface area contributed by atoms with Gasteiger partial charge in [0.15, 0.2) is 0 Å². The summed E-state index contributed by atoms with van der Waals surface area (Å²) in [6, 6.07) is 0. The van der Waals surface area contributed by atoms with E-state index in [0.29, 0.717) is 0 Å². The van der Waals surface area contributed by atoms with Gasteiger partial charge in [0.1, 0.15) is 0 Å². The molecular formula is C5H9BrMg. The van der Waals surface area contributed by atoms with E-state index in [1.165, 1.54) is 10.1 Å². The first kappa shape index (κ1) is 7.99. The maximum absolute atomic E-state index is 3.49. The van der Waals surface area contributed by atoms with Gasteiger partial charge in [-0.15, -0.1) is 10.1 Å². The van der Waals surface area contributed by atoms with Crippen molar-refractivity contribution in [2.45, 2.75) is 18.4 Å². The zero-order valence-corrected chi connectivity index (χ0v) is 7.87. The highest BCUT2D eigenvalue weighted by Crippen LogP contribution is 1.99. The number of hydrogen-bond donors (Lipinski definition) is 0. The highest BCUT2D eigenvalue weighted by atomic mass is 79.9. The standard InChI is InChI=1S/C5H9.BrH.Mg/c1-4-5(2)3;;/h4H,2H2,1,3H3;1H;/q;;+1/p-1. The van der Waals surface area contributed by atoms with Crippen LogP contribution in [-0.4, -0.2) is 18.2 Å². The zero-order chi connectivity index (χ0) is 5.70. The van der Waals surface area contributed by atoms with Crippen molar-refractivity contribution < 1.29 is 0 Å². The van der Waals surface area contributed by atoms with E-state index in [2.05, 4.69) is 32.8 Å². The summed E-state index contributed by atoms with van der Waals surface area (Å²) in [5.74, 6) is 0. The third-order valence-corrected chi connectivity index (χ3v) is 3.15. The monoisotopic (exact) mass is 172 g/mol. The lowest BCUT2D eigenvalue weighted by molar-refractivity contribution is 1.35. The third kappa shape index (κ3) is 4.85. The van der Waals surface area contributed by atoms with E-state index in [-0.39, 0.29) is 18.2 Å². The van der Waals surface area contributed by atoms with Gasteiger partial charge in [0.05, 0.1) is 0 Å². The van der Waals surface area contributed by atoms with E-state index >= 15 is 0 Å². The molecule has 7 heavy (non-hydrogen) atoms. The van der Waals surface area contributed by atoms with Crippen LogP contribution in [-0.2, 0) is 0 Å². The molecule has 0 N–H and O–H groups in total. The molecule has 0 aliphatic carbocycles. The molecule has 38 valence electrons. The molecule has 0 bridgehead atoms. The summed E-state index contributed by atoms with van der Waals surface area (Å²) in [5, 5.41) is 0. The van der Waals surface area contributed by atoms with Crippen molar-refractivity contribution in [3.05, 3.63) is 11.6 Å². The molecular weight excluding hydrogens is 164 g/mol. The highest BCUT2D eigenvalue weighted by molar-refractivity contribution is 9.23. The second-order valence-electron chi connectivity index (χ2n) is 1.57. The Morgan fingerprint density at radius 1 is 1.86 bits per heavy atom. The van der Waals surface area contributed by atoms with Gasteiger partial charge in [0, 0.05) is 0 Å². The molecule has 0 fully saturated rings. The smallest absolute Gasteiger partial charge is 0.306 e. The second-order valence-corrected chi connectivity index (χ2v) is 4.83. The van der Waals surface area contributed by atoms with Crippen molar-refractivity contribution in [3.8, 4) is 0 Å². The Hall–Kier alpha value is 0.986. The van der Waals surface area contributed by atoms with Gasteiger partial charge in [0.2, 0.25) is 0 Å². The van der Waals surface area contributed by atoms with Crippen LogP contribution in [0.2, 0.25) is 4.55 Å². The molecule has 2 heteroatoms. The predicted octanol–water partition coefficient (Wildman–Crippen LogP) is 2.39. The average Bonchev–Trinajstić information content (AvgIpc) is 1.68. The molecule has 0 aliphatic rings. The van der Waals surface area contributed by atoms with Gasteiger partial charge in [-0.2, -0.15) is 0 Å². The lowest BCUT2D eigenvalue weighted by Crippen LogP contribution is -1.76. The summed E-state index contributed by atoms with van der Waals surface area (Å²) in [6.45, 7) is 4.26. The number of halogens is 1. The molecule has 0 aromatic heterocycles. The Kier molecular flexibility index (Phi) is 5.85. The van der Waals surface area contributed by atoms with Crippen LogP contribution in [0.25, 0.3) is 0 Å². The molecule has 0 atom stereocenters. The summed E-state index contributed by atoms with van der Waals surface area (Å²) in [6.07, 6.45) is 2.17. The molecule has 0 rings (SSSR count). The largest absolute Gasteiger partial charge is 0.472 e. The number of allylic oxidation sites excluding steroid dienone is 2. The van der Waals surface area contributed by atoms with E-state index in [0.717, 1.165) is 0 Å². The minimum absolute atomic E-state index is 0.0998. The first-order chi connectivity index (χ1) is 3.31. The molecule has 0 spiro atoms. The fraction of sp³-hybridized carbons (Fsp3) is 0.600. The maximum atomic E-state index is 3.49. The van der Waals surface area contributed by atoms with Gasteiger partial charge < -0.3 is 12.9 Å². The Bertz CT molecular complexity index is 68.5. The van der Waals surface area contributed by atoms with Gasteiger partial charge >= 0.3 is 18.2 Å². The average molecular weight is 173 g/mol. The lowest BCUT2D eigenvalue weighted by atomic mass is 10.3. The van der Waals surface area contributed by atoms with E-state index in [1.807, 2.05) is 0 Å². The van der Waals surface area contributed by atoms with Crippen LogP contribution in [0.15, 0.2) is 11.6 Å².